The Hall–Kier alpha value is -1.83. The van der Waals surface area contributed by atoms with Crippen molar-refractivity contribution in [1.29, 1.82) is 0 Å². The summed E-state index contributed by atoms with van der Waals surface area (Å²) >= 11 is 10.2. The van der Waals surface area contributed by atoms with Crippen molar-refractivity contribution in [1.82, 2.24) is 0 Å². The molecule has 1 N–H and O–H groups in total. The van der Waals surface area contributed by atoms with Gasteiger partial charge < -0.3 is 5.11 Å². The maximum Gasteiger partial charge on any atom is 0.316 e. The van der Waals surface area contributed by atoms with E-state index < -0.39 is 22.4 Å². The number of hydrogen-bond donors (Lipinski definition) is 1. The SMILES string of the molecule is O=C(O)[C@@H](Cc1ccc(Br)cc1)S[C@H]1CC(=O)N(c2ccc(Cl)cc2)C1=O. The van der Waals surface area contributed by atoms with E-state index in [1.54, 1.807) is 24.3 Å². The second-order valence-corrected chi connectivity index (χ2v) is 8.79. The molecule has 140 valence electrons. The van der Waals surface area contributed by atoms with Crippen LogP contribution in [0.1, 0.15) is 12.0 Å². The molecule has 2 atom stereocenters. The number of thioether (sulfide) groups is 1. The molecule has 1 heterocycles. The number of carboxylic acid groups (broad SMARTS) is 1. The van der Waals surface area contributed by atoms with Crippen LogP contribution >= 0.6 is 39.3 Å². The lowest BCUT2D eigenvalue weighted by Crippen LogP contribution is -2.32. The zero-order valence-electron chi connectivity index (χ0n) is 14.0. The molecule has 8 heteroatoms. The minimum atomic E-state index is -1.01. The second-order valence-electron chi connectivity index (χ2n) is 6.03. The molecular weight excluding hydrogens is 454 g/mol. The molecule has 0 radical (unpaired) electrons. The number of benzene rings is 2. The van der Waals surface area contributed by atoms with E-state index in [1.807, 2.05) is 24.3 Å². The molecule has 1 aliphatic heterocycles. The van der Waals surface area contributed by atoms with Gasteiger partial charge in [0.15, 0.2) is 0 Å². The van der Waals surface area contributed by atoms with Gasteiger partial charge in [-0.25, -0.2) is 4.90 Å². The van der Waals surface area contributed by atoms with Gasteiger partial charge in [-0.2, -0.15) is 0 Å². The van der Waals surface area contributed by atoms with E-state index in [0.29, 0.717) is 10.7 Å². The van der Waals surface area contributed by atoms with Crippen LogP contribution in [0.4, 0.5) is 5.69 Å². The van der Waals surface area contributed by atoms with Gasteiger partial charge in [0.05, 0.1) is 10.9 Å². The Balaban J connectivity index is 1.74. The summed E-state index contributed by atoms with van der Waals surface area (Å²) in [6, 6.07) is 13.8. The van der Waals surface area contributed by atoms with E-state index in [2.05, 4.69) is 15.9 Å². The van der Waals surface area contributed by atoms with Gasteiger partial charge in [-0.15, -0.1) is 11.8 Å². The molecule has 1 aliphatic rings. The molecule has 5 nitrogen and oxygen atoms in total. The number of imide groups is 1. The van der Waals surface area contributed by atoms with Gasteiger partial charge in [-0.1, -0.05) is 39.7 Å². The van der Waals surface area contributed by atoms with Crippen LogP contribution in [0.3, 0.4) is 0 Å². The standard InChI is InChI=1S/C19H15BrClNO4S/c20-12-3-1-11(2-4-12)9-16(19(25)26)27-15-10-17(23)22(18(15)24)14-7-5-13(21)6-8-14/h1-8,15-16H,9-10H2,(H,25,26)/t15-,16+/m0/s1. The van der Waals surface area contributed by atoms with Crippen molar-refractivity contribution in [3.8, 4) is 0 Å². The van der Waals surface area contributed by atoms with Gasteiger partial charge in [-0.05, 0) is 48.4 Å². The number of carbonyl (C=O) groups excluding carboxylic acids is 2. The highest BCUT2D eigenvalue weighted by atomic mass is 79.9. The molecule has 0 aliphatic carbocycles. The molecule has 0 aromatic heterocycles. The second kappa shape index (κ2) is 8.46. The number of aliphatic carboxylic acids is 1. The van der Waals surface area contributed by atoms with Crippen LogP contribution in [0.25, 0.3) is 0 Å². The number of carbonyl (C=O) groups is 3. The van der Waals surface area contributed by atoms with Crippen LogP contribution in [0.5, 0.6) is 0 Å². The summed E-state index contributed by atoms with van der Waals surface area (Å²) in [4.78, 5) is 37.8. The number of halogens is 2. The summed E-state index contributed by atoms with van der Waals surface area (Å²) in [7, 11) is 0. The van der Waals surface area contributed by atoms with Crippen LogP contribution in [-0.4, -0.2) is 33.4 Å². The first-order chi connectivity index (χ1) is 12.8. The molecule has 2 aromatic carbocycles. The molecule has 0 unspecified atom stereocenters. The van der Waals surface area contributed by atoms with Gasteiger partial charge in [-0.3, -0.25) is 14.4 Å². The van der Waals surface area contributed by atoms with Gasteiger partial charge in [0.25, 0.3) is 0 Å². The fourth-order valence-electron chi connectivity index (χ4n) is 2.80. The highest BCUT2D eigenvalue weighted by Crippen LogP contribution is 2.33. The molecule has 27 heavy (non-hydrogen) atoms. The quantitative estimate of drug-likeness (QED) is 0.644. The predicted octanol–water partition coefficient (Wildman–Crippen LogP) is 4.16. The number of hydrogen-bond acceptors (Lipinski definition) is 4. The summed E-state index contributed by atoms with van der Waals surface area (Å²) < 4.78 is 0.904. The lowest BCUT2D eigenvalue weighted by atomic mass is 10.1. The average Bonchev–Trinajstić information content (AvgIpc) is 2.90. The topological polar surface area (TPSA) is 74.7 Å². The van der Waals surface area contributed by atoms with Crippen LogP contribution in [0.15, 0.2) is 53.0 Å². The lowest BCUT2D eigenvalue weighted by molar-refractivity contribution is -0.136. The summed E-state index contributed by atoms with van der Waals surface area (Å²) in [6.45, 7) is 0. The molecular formula is C19H15BrClNO4S. The minimum absolute atomic E-state index is 0.0176. The van der Waals surface area contributed by atoms with Crippen LogP contribution in [0, 0.1) is 0 Å². The Bertz CT molecular complexity index is 872. The Morgan fingerprint density at radius 3 is 2.41 bits per heavy atom. The Labute approximate surface area is 173 Å². The minimum Gasteiger partial charge on any atom is -0.480 e. The van der Waals surface area contributed by atoms with E-state index in [-0.39, 0.29) is 18.7 Å². The van der Waals surface area contributed by atoms with Gasteiger partial charge >= 0.3 is 5.97 Å². The third-order valence-corrected chi connectivity index (χ3v) is 6.30. The number of amides is 2. The summed E-state index contributed by atoms with van der Waals surface area (Å²) in [5.74, 6) is -1.74. The van der Waals surface area contributed by atoms with E-state index in [0.717, 1.165) is 26.7 Å². The zero-order valence-corrected chi connectivity index (χ0v) is 17.1. The highest BCUT2D eigenvalue weighted by Gasteiger charge is 2.42. The Morgan fingerprint density at radius 2 is 1.81 bits per heavy atom. The van der Waals surface area contributed by atoms with Crippen LogP contribution < -0.4 is 4.90 Å². The Morgan fingerprint density at radius 1 is 1.19 bits per heavy atom. The normalized spacial score (nSPS) is 18.0. The highest BCUT2D eigenvalue weighted by molar-refractivity contribution is 9.10. The van der Waals surface area contributed by atoms with Crippen molar-refractivity contribution in [3.63, 3.8) is 0 Å². The molecule has 2 aromatic rings. The van der Waals surface area contributed by atoms with Crippen molar-refractivity contribution in [2.24, 2.45) is 0 Å². The number of rotatable bonds is 6. The zero-order chi connectivity index (χ0) is 19.6. The third kappa shape index (κ3) is 4.72. The number of nitrogens with zero attached hydrogens (tertiary/aromatic N) is 1. The van der Waals surface area contributed by atoms with Crippen molar-refractivity contribution >= 4 is 62.8 Å². The molecule has 3 rings (SSSR count). The van der Waals surface area contributed by atoms with Crippen molar-refractivity contribution in [2.45, 2.75) is 23.3 Å². The third-order valence-electron chi connectivity index (χ3n) is 4.13. The van der Waals surface area contributed by atoms with E-state index >= 15 is 0 Å². The fourth-order valence-corrected chi connectivity index (χ4v) is 4.45. The smallest absolute Gasteiger partial charge is 0.316 e. The summed E-state index contributed by atoms with van der Waals surface area (Å²) in [5.41, 5.74) is 1.29. The molecule has 2 amide bonds. The lowest BCUT2D eigenvalue weighted by Gasteiger charge is -2.17. The van der Waals surface area contributed by atoms with E-state index in [4.69, 9.17) is 11.6 Å². The molecule has 0 spiro atoms. The first-order valence-corrected chi connectivity index (χ1v) is 10.2. The first kappa shape index (κ1) is 19.9. The van der Waals surface area contributed by atoms with Crippen molar-refractivity contribution in [2.75, 3.05) is 4.90 Å². The van der Waals surface area contributed by atoms with Gasteiger partial charge in [0, 0.05) is 15.9 Å². The van der Waals surface area contributed by atoms with Crippen LogP contribution in [0.2, 0.25) is 5.02 Å². The number of carboxylic acids is 1. The van der Waals surface area contributed by atoms with E-state index in [9.17, 15) is 19.5 Å². The molecule has 0 bridgehead atoms. The van der Waals surface area contributed by atoms with E-state index in [1.165, 1.54) is 0 Å². The van der Waals surface area contributed by atoms with Gasteiger partial charge in [0.1, 0.15) is 5.25 Å². The maximum atomic E-state index is 12.7. The summed E-state index contributed by atoms with van der Waals surface area (Å²) in [6.07, 6.45) is 0.252. The first-order valence-electron chi connectivity index (χ1n) is 8.10. The summed E-state index contributed by atoms with van der Waals surface area (Å²) in [5, 5.41) is 8.53. The molecule has 0 saturated carbocycles. The largest absolute Gasteiger partial charge is 0.480 e. The van der Waals surface area contributed by atoms with Crippen molar-refractivity contribution < 1.29 is 19.5 Å². The molecule has 1 fully saturated rings. The predicted molar refractivity (Wildman–Crippen MR) is 109 cm³/mol. The average molecular weight is 469 g/mol. The van der Waals surface area contributed by atoms with Crippen LogP contribution in [-0.2, 0) is 20.8 Å². The fraction of sp³-hybridized carbons (Fsp3) is 0.211. The van der Waals surface area contributed by atoms with Crippen molar-refractivity contribution in [3.05, 3.63) is 63.6 Å². The Kier molecular flexibility index (Phi) is 6.24. The number of anilines is 1. The molecule has 1 saturated heterocycles. The monoisotopic (exact) mass is 467 g/mol. The maximum absolute atomic E-state index is 12.7. The van der Waals surface area contributed by atoms with Gasteiger partial charge in [0.2, 0.25) is 11.8 Å².